The third-order valence-electron chi connectivity index (χ3n) is 6.23. The van der Waals surface area contributed by atoms with Crippen molar-refractivity contribution in [1.82, 2.24) is 5.32 Å². The monoisotopic (exact) mass is 295 g/mol. The van der Waals surface area contributed by atoms with Crippen molar-refractivity contribution in [1.29, 1.82) is 0 Å². The van der Waals surface area contributed by atoms with Crippen molar-refractivity contribution in [3.8, 4) is 0 Å². The Kier molecular flexibility index (Phi) is 5.23. The lowest BCUT2D eigenvalue weighted by Gasteiger charge is -2.36. The maximum Gasteiger partial charge on any atom is 0.0708 e. The molecule has 2 saturated carbocycles. The molecule has 0 radical (unpaired) electrons. The van der Waals surface area contributed by atoms with Crippen LogP contribution in [0.15, 0.2) is 0 Å². The quantitative estimate of drug-likeness (QED) is 0.817. The summed E-state index contributed by atoms with van der Waals surface area (Å²) < 4.78 is 6.42. The van der Waals surface area contributed by atoms with Crippen LogP contribution in [0.5, 0.6) is 0 Å². The first-order valence-electron chi connectivity index (χ1n) is 9.25. The second-order valence-corrected chi connectivity index (χ2v) is 7.87. The highest BCUT2D eigenvalue weighted by molar-refractivity contribution is 4.92. The number of rotatable bonds is 5. The Bertz CT molecular complexity index is 319. The van der Waals surface area contributed by atoms with E-state index in [1.807, 2.05) is 0 Å². The minimum Gasteiger partial charge on any atom is -0.396 e. The first-order valence-corrected chi connectivity index (χ1v) is 9.25. The van der Waals surface area contributed by atoms with Crippen molar-refractivity contribution in [3.63, 3.8) is 0 Å². The Morgan fingerprint density at radius 2 is 1.57 bits per heavy atom. The van der Waals surface area contributed by atoms with E-state index in [0.717, 1.165) is 13.1 Å². The van der Waals surface area contributed by atoms with Crippen LogP contribution in [-0.2, 0) is 4.74 Å². The van der Waals surface area contributed by atoms with Gasteiger partial charge in [0.2, 0.25) is 0 Å². The molecule has 3 aliphatic rings. The molecule has 1 aliphatic heterocycles. The van der Waals surface area contributed by atoms with E-state index in [2.05, 4.69) is 5.32 Å². The molecule has 3 nitrogen and oxygen atoms in total. The molecule has 0 bridgehead atoms. The molecule has 2 aliphatic carbocycles. The predicted octanol–water partition coefficient (Wildman–Crippen LogP) is 3.40. The molecule has 1 saturated heterocycles. The zero-order valence-electron chi connectivity index (χ0n) is 13.5. The number of aliphatic hydroxyl groups excluding tert-OH is 1. The summed E-state index contributed by atoms with van der Waals surface area (Å²) in [5.74, 6) is 0. The summed E-state index contributed by atoms with van der Waals surface area (Å²) in [7, 11) is 0. The largest absolute Gasteiger partial charge is 0.396 e. The van der Waals surface area contributed by atoms with Gasteiger partial charge >= 0.3 is 0 Å². The van der Waals surface area contributed by atoms with Crippen LogP contribution in [0.4, 0.5) is 0 Å². The van der Waals surface area contributed by atoms with Gasteiger partial charge in [0.05, 0.1) is 11.7 Å². The SMILES string of the molecule is OCC1(CNCC2CCC3(CCCCC3)O2)CCCCC1. The second kappa shape index (κ2) is 6.97. The minimum atomic E-state index is 0.152. The van der Waals surface area contributed by atoms with Crippen LogP contribution >= 0.6 is 0 Å². The van der Waals surface area contributed by atoms with E-state index in [9.17, 15) is 5.11 Å². The van der Waals surface area contributed by atoms with Crippen molar-refractivity contribution < 1.29 is 9.84 Å². The van der Waals surface area contributed by atoms with Crippen molar-refractivity contribution in [2.75, 3.05) is 19.7 Å². The molecule has 0 aromatic rings. The van der Waals surface area contributed by atoms with Crippen molar-refractivity contribution in [3.05, 3.63) is 0 Å². The van der Waals surface area contributed by atoms with E-state index >= 15 is 0 Å². The van der Waals surface area contributed by atoms with Crippen LogP contribution in [0.3, 0.4) is 0 Å². The van der Waals surface area contributed by atoms with Crippen LogP contribution in [0, 0.1) is 5.41 Å². The van der Waals surface area contributed by atoms with Gasteiger partial charge in [-0.3, -0.25) is 0 Å². The molecule has 1 spiro atoms. The summed E-state index contributed by atoms with van der Waals surface area (Å²) in [5, 5.41) is 13.4. The topological polar surface area (TPSA) is 41.5 Å². The van der Waals surface area contributed by atoms with Gasteiger partial charge in [0, 0.05) is 25.1 Å². The Labute approximate surface area is 129 Å². The van der Waals surface area contributed by atoms with Gasteiger partial charge in [0.15, 0.2) is 0 Å². The molecule has 122 valence electrons. The van der Waals surface area contributed by atoms with Gasteiger partial charge in [-0.2, -0.15) is 0 Å². The van der Waals surface area contributed by atoms with E-state index in [-0.39, 0.29) is 11.0 Å². The Hall–Kier alpha value is -0.120. The average Bonchev–Trinajstić information content (AvgIpc) is 2.91. The van der Waals surface area contributed by atoms with Crippen LogP contribution in [-0.4, -0.2) is 36.5 Å². The molecule has 3 fully saturated rings. The normalized spacial score (nSPS) is 31.6. The number of ether oxygens (including phenoxy) is 1. The summed E-state index contributed by atoms with van der Waals surface area (Å²) in [6, 6.07) is 0. The van der Waals surface area contributed by atoms with Crippen molar-refractivity contribution >= 4 is 0 Å². The Morgan fingerprint density at radius 1 is 0.905 bits per heavy atom. The molecule has 1 unspecified atom stereocenters. The summed E-state index contributed by atoms with van der Waals surface area (Å²) in [5.41, 5.74) is 0.392. The highest BCUT2D eigenvalue weighted by Crippen LogP contribution is 2.42. The molecular formula is C18H33NO2. The van der Waals surface area contributed by atoms with Gasteiger partial charge in [-0.15, -0.1) is 0 Å². The molecule has 21 heavy (non-hydrogen) atoms. The van der Waals surface area contributed by atoms with Crippen LogP contribution < -0.4 is 5.32 Å². The average molecular weight is 295 g/mol. The minimum absolute atomic E-state index is 0.152. The first kappa shape index (κ1) is 15.8. The fraction of sp³-hybridized carbons (Fsp3) is 1.00. The summed E-state index contributed by atoms with van der Waals surface area (Å²) >= 11 is 0. The highest BCUT2D eigenvalue weighted by atomic mass is 16.5. The fourth-order valence-corrected chi connectivity index (χ4v) is 4.79. The first-order chi connectivity index (χ1) is 10.3. The highest BCUT2D eigenvalue weighted by Gasteiger charge is 2.40. The second-order valence-electron chi connectivity index (χ2n) is 7.87. The van der Waals surface area contributed by atoms with Gasteiger partial charge < -0.3 is 15.2 Å². The maximum absolute atomic E-state index is 9.76. The third kappa shape index (κ3) is 3.80. The zero-order chi connectivity index (χ0) is 14.6. The lowest BCUT2D eigenvalue weighted by Crippen LogP contribution is -2.42. The molecule has 0 aromatic carbocycles. The Morgan fingerprint density at radius 3 is 2.24 bits per heavy atom. The van der Waals surface area contributed by atoms with E-state index in [4.69, 9.17) is 4.74 Å². The van der Waals surface area contributed by atoms with E-state index in [1.165, 1.54) is 77.0 Å². The molecule has 1 atom stereocenters. The van der Waals surface area contributed by atoms with Crippen LogP contribution in [0.1, 0.15) is 77.0 Å². The van der Waals surface area contributed by atoms with Crippen molar-refractivity contribution in [2.45, 2.75) is 88.8 Å². The summed E-state index contributed by atoms with van der Waals surface area (Å²) in [4.78, 5) is 0. The van der Waals surface area contributed by atoms with E-state index < -0.39 is 0 Å². The van der Waals surface area contributed by atoms with Crippen LogP contribution in [0.2, 0.25) is 0 Å². The molecule has 0 amide bonds. The molecule has 0 aromatic heterocycles. The fourth-order valence-electron chi connectivity index (χ4n) is 4.79. The number of hydrogen-bond donors (Lipinski definition) is 2. The molecule has 1 heterocycles. The van der Waals surface area contributed by atoms with Gasteiger partial charge in [-0.1, -0.05) is 38.5 Å². The summed E-state index contributed by atoms with van der Waals surface area (Å²) in [6.45, 7) is 2.29. The zero-order valence-corrected chi connectivity index (χ0v) is 13.5. The number of hydrogen-bond acceptors (Lipinski definition) is 3. The smallest absolute Gasteiger partial charge is 0.0708 e. The lowest BCUT2D eigenvalue weighted by atomic mass is 9.74. The van der Waals surface area contributed by atoms with E-state index in [0.29, 0.717) is 12.7 Å². The molecular weight excluding hydrogens is 262 g/mol. The van der Waals surface area contributed by atoms with E-state index in [1.54, 1.807) is 0 Å². The standard InChI is InChI=1S/C18H33NO2/c20-15-17(8-3-1-4-9-17)14-19-13-16-7-12-18(21-16)10-5-2-6-11-18/h16,19-20H,1-15H2. The number of aliphatic hydroxyl groups is 1. The van der Waals surface area contributed by atoms with Crippen LogP contribution in [0.25, 0.3) is 0 Å². The molecule has 3 rings (SSSR count). The third-order valence-corrected chi connectivity index (χ3v) is 6.23. The van der Waals surface area contributed by atoms with Gasteiger partial charge in [0.25, 0.3) is 0 Å². The predicted molar refractivity (Wildman–Crippen MR) is 85.4 cm³/mol. The molecule has 2 N–H and O–H groups in total. The molecule has 3 heteroatoms. The van der Waals surface area contributed by atoms with Gasteiger partial charge in [-0.25, -0.2) is 0 Å². The number of nitrogens with one attached hydrogen (secondary N) is 1. The maximum atomic E-state index is 9.76. The van der Waals surface area contributed by atoms with Gasteiger partial charge in [0.1, 0.15) is 0 Å². The Balaban J connectivity index is 1.41. The lowest BCUT2D eigenvalue weighted by molar-refractivity contribution is -0.0633. The van der Waals surface area contributed by atoms with Crippen molar-refractivity contribution in [2.24, 2.45) is 5.41 Å². The van der Waals surface area contributed by atoms with Gasteiger partial charge in [-0.05, 0) is 38.5 Å². The summed E-state index contributed by atoms with van der Waals surface area (Å²) in [6.07, 6.45) is 15.8.